The van der Waals surface area contributed by atoms with Crippen molar-refractivity contribution in [2.75, 3.05) is 12.3 Å². The number of sulfonamides is 1. The lowest BCUT2D eigenvalue weighted by Crippen LogP contribution is -2.50. The summed E-state index contributed by atoms with van der Waals surface area (Å²) in [6, 6.07) is -0.887. The molecule has 0 aromatic carbocycles. The van der Waals surface area contributed by atoms with Gasteiger partial charge in [-0.1, -0.05) is 20.8 Å². The predicted octanol–water partition coefficient (Wildman–Crippen LogP) is 1.16. The molecule has 0 saturated carbocycles. The molecule has 0 aromatic rings. The SMILES string of the molecule is CC(C)CS(=O)(=O)N1CCC(C)CC1C(=O)O. The van der Waals surface area contributed by atoms with Crippen molar-refractivity contribution >= 4 is 16.0 Å². The number of hydrogen-bond donors (Lipinski definition) is 1. The minimum absolute atomic E-state index is 0.00814. The Kier molecular flexibility index (Phi) is 4.55. The van der Waals surface area contributed by atoms with E-state index >= 15 is 0 Å². The van der Waals surface area contributed by atoms with E-state index in [2.05, 4.69) is 0 Å². The van der Waals surface area contributed by atoms with Crippen LogP contribution in [0.4, 0.5) is 0 Å². The first-order valence-electron chi connectivity index (χ1n) is 5.96. The van der Waals surface area contributed by atoms with Crippen LogP contribution >= 0.6 is 0 Å². The molecule has 100 valence electrons. The topological polar surface area (TPSA) is 74.7 Å². The van der Waals surface area contributed by atoms with Crippen LogP contribution in [-0.2, 0) is 14.8 Å². The van der Waals surface area contributed by atoms with E-state index in [1.807, 2.05) is 20.8 Å². The molecule has 1 rings (SSSR count). The molecule has 1 heterocycles. The third-order valence-corrected chi connectivity index (χ3v) is 5.24. The molecule has 1 N–H and O–H groups in total. The molecule has 0 aromatic heterocycles. The van der Waals surface area contributed by atoms with E-state index in [4.69, 9.17) is 5.11 Å². The summed E-state index contributed by atoms with van der Waals surface area (Å²) in [6.45, 7) is 5.93. The molecule has 1 fully saturated rings. The van der Waals surface area contributed by atoms with Crippen LogP contribution in [0.15, 0.2) is 0 Å². The third kappa shape index (κ3) is 3.67. The van der Waals surface area contributed by atoms with Gasteiger partial charge in [-0.2, -0.15) is 4.31 Å². The van der Waals surface area contributed by atoms with E-state index in [9.17, 15) is 13.2 Å². The van der Waals surface area contributed by atoms with Gasteiger partial charge in [0, 0.05) is 6.54 Å². The zero-order chi connectivity index (χ0) is 13.2. The molecule has 0 radical (unpaired) electrons. The summed E-state index contributed by atoms with van der Waals surface area (Å²) in [6.07, 6.45) is 1.15. The van der Waals surface area contributed by atoms with E-state index in [1.165, 1.54) is 4.31 Å². The van der Waals surface area contributed by atoms with Crippen LogP contribution in [0.2, 0.25) is 0 Å². The number of aliphatic carboxylic acids is 1. The quantitative estimate of drug-likeness (QED) is 0.826. The van der Waals surface area contributed by atoms with Gasteiger partial charge in [0.2, 0.25) is 10.0 Å². The molecule has 0 spiro atoms. The first-order valence-corrected chi connectivity index (χ1v) is 7.57. The van der Waals surface area contributed by atoms with Gasteiger partial charge in [-0.15, -0.1) is 0 Å². The number of piperidine rings is 1. The van der Waals surface area contributed by atoms with Gasteiger partial charge < -0.3 is 5.11 Å². The lowest BCUT2D eigenvalue weighted by molar-refractivity contribution is -0.143. The third-order valence-electron chi connectivity index (χ3n) is 3.00. The van der Waals surface area contributed by atoms with Gasteiger partial charge in [-0.3, -0.25) is 4.79 Å². The molecule has 17 heavy (non-hydrogen) atoms. The van der Waals surface area contributed by atoms with Gasteiger partial charge in [-0.05, 0) is 24.7 Å². The van der Waals surface area contributed by atoms with Gasteiger partial charge in [0.05, 0.1) is 5.75 Å². The maximum absolute atomic E-state index is 12.1. The molecule has 1 aliphatic heterocycles. The molecule has 0 aliphatic carbocycles. The summed E-state index contributed by atoms with van der Waals surface area (Å²) in [4.78, 5) is 11.1. The Morgan fingerprint density at radius 1 is 1.47 bits per heavy atom. The fourth-order valence-corrected chi connectivity index (χ4v) is 4.18. The van der Waals surface area contributed by atoms with Crippen LogP contribution in [0.5, 0.6) is 0 Å². The molecule has 2 unspecified atom stereocenters. The normalized spacial score (nSPS) is 27.3. The Hall–Kier alpha value is -0.620. The molecule has 5 nitrogen and oxygen atoms in total. The average Bonchev–Trinajstić information content (AvgIpc) is 2.14. The highest BCUT2D eigenvalue weighted by atomic mass is 32.2. The Morgan fingerprint density at radius 3 is 2.53 bits per heavy atom. The van der Waals surface area contributed by atoms with E-state index in [-0.39, 0.29) is 17.6 Å². The second kappa shape index (κ2) is 5.35. The van der Waals surface area contributed by atoms with Crippen LogP contribution < -0.4 is 0 Å². The van der Waals surface area contributed by atoms with E-state index in [0.717, 1.165) is 6.42 Å². The Morgan fingerprint density at radius 2 is 2.06 bits per heavy atom. The van der Waals surface area contributed by atoms with Crippen molar-refractivity contribution in [2.24, 2.45) is 11.8 Å². The predicted molar refractivity (Wildman–Crippen MR) is 65.2 cm³/mol. The second-order valence-corrected chi connectivity index (χ2v) is 7.23. The van der Waals surface area contributed by atoms with Crippen LogP contribution in [-0.4, -0.2) is 42.1 Å². The monoisotopic (exact) mass is 263 g/mol. The van der Waals surface area contributed by atoms with Gasteiger partial charge >= 0.3 is 5.97 Å². The van der Waals surface area contributed by atoms with Crippen molar-refractivity contribution in [3.05, 3.63) is 0 Å². The zero-order valence-electron chi connectivity index (χ0n) is 10.6. The highest BCUT2D eigenvalue weighted by Gasteiger charge is 2.38. The highest BCUT2D eigenvalue weighted by molar-refractivity contribution is 7.89. The van der Waals surface area contributed by atoms with Gasteiger partial charge in [0.25, 0.3) is 0 Å². The fourth-order valence-electron chi connectivity index (χ4n) is 2.19. The minimum atomic E-state index is -3.45. The molecule has 1 saturated heterocycles. The van der Waals surface area contributed by atoms with E-state index < -0.39 is 22.0 Å². The van der Waals surface area contributed by atoms with Crippen molar-refractivity contribution in [3.8, 4) is 0 Å². The van der Waals surface area contributed by atoms with Crippen molar-refractivity contribution in [1.29, 1.82) is 0 Å². The average molecular weight is 263 g/mol. The van der Waals surface area contributed by atoms with Crippen LogP contribution in [0.3, 0.4) is 0 Å². The number of carboxylic acid groups (broad SMARTS) is 1. The molecule has 2 atom stereocenters. The van der Waals surface area contributed by atoms with Crippen LogP contribution in [0.25, 0.3) is 0 Å². The molecular formula is C11H21NO4S. The number of rotatable bonds is 4. The van der Waals surface area contributed by atoms with Crippen LogP contribution in [0, 0.1) is 11.8 Å². The van der Waals surface area contributed by atoms with E-state index in [1.54, 1.807) is 0 Å². The first-order chi connectivity index (χ1) is 7.74. The molecule has 0 bridgehead atoms. The van der Waals surface area contributed by atoms with E-state index in [0.29, 0.717) is 13.0 Å². The molecule has 0 amide bonds. The largest absolute Gasteiger partial charge is 0.480 e. The second-order valence-electron chi connectivity index (χ2n) is 5.27. The number of nitrogens with zero attached hydrogens (tertiary/aromatic N) is 1. The number of hydrogen-bond acceptors (Lipinski definition) is 3. The Labute approximate surface area is 103 Å². The first kappa shape index (κ1) is 14.4. The summed E-state index contributed by atoms with van der Waals surface area (Å²) in [5.41, 5.74) is 0. The number of carboxylic acids is 1. The minimum Gasteiger partial charge on any atom is -0.480 e. The van der Waals surface area contributed by atoms with Crippen molar-refractivity contribution in [2.45, 2.75) is 39.7 Å². The smallest absolute Gasteiger partial charge is 0.322 e. The molecule has 1 aliphatic rings. The summed E-state index contributed by atoms with van der Waals surface area (Å²) >= 11 is 0. The maximum Gasteiger partial charge on any atom is 0.322 e. The van der Waals surface area contributed by atoms with Crippen molar-refractivity contribution in [1.82, 2.24) is 4.31 Å². The molecule has 6 heteroatoms. The van der Waals surface area contributed by atoms with Gasteiger partial charge in [0.15, 0.2) is 0 Å². The summed E-state index contributed by atoms with van der Waals surface area (Å²) < 4.78 is 25.3. The fraction of sp³-hybridized carbons (Fsp3) is 0.909. The Balaban J connectivity index is 2.90. The maximum atomic E-state index is 12.1. The standard InChI is InChI=1S/C11H21NO4S/c1-8(2)7-17(15,16)12-5-4-9(3)6-10(12)11(13)14/h8-10H,4-7H2,1-3H3,(H,13,14). The summed E-state index contributed by atoms with van der Waals surface area (Å²) in [5, 5.41) is 9.12. The lowest BCUT2D eigenvalue weighted by Gasteiger charge is -2.35. The van der Waals surface area contributed by atoms with Gasteiger partial charge in [0.1, 0.15) is 6.04 Å². The van der Waals surface area contributed by atoms with Crippen LogP contribution in [0.1, 0.15) is 33.6 Å². The number of carbonyl (C=O) groups is 1. The van der Waals surface area contributed by atoms with Gasteiger partial charge in [-0.25, -0.2) is 8.42 Å². The summed E-state index contributed by atoms with van der Waals surface area (Å²) in [5.74, 6) is -0.746. The Bertz CT molecular complexity index is 377. The highest BCUT2D eigenvalue weighted by Crippen LogP contribution is 2.26. The summed E-state index contributed by atoms with van der Waals surface area (Å²) in [7, 11) is -3.45. The zero-order valence-corrected chi connectivity index (χ0v) is 11.4. The molecular weight excluding hydrogens is 242 g/mol. The van der Waals surface area contributed by atoms with Crippen molar-refractivity contribution < 1.29 is 18.3 Å². The lowest BCUT2D eigenvalue weighted by atomic mass is 9.94. The van der Waals surface area contributed by atoms with Crippen molar-refractivity contribution in [3.63, 3.8) is 0 Å².